The minimum atomic E-state index is -1.14. The number of aromatic amines is 1. The molecule has 6 nitrogen and oxygen atoms in total. The van der Waals surface area contributed by atoms with Crippen LogP contribution in [0.1, 0.15) is 38.0 Å². The Kier molecular flexibility index (Phi) is 5.75. The molecule has 32 heavy (non-hydrogen) atoms. The zero-order valence-electron chi connectivity index (χ0n) is 18.3. The zero-order valence-corrected chi connectivity index (χ0v) is 19.1. The summed E-state index contributed by atoms with van der Waals surface area (Å²) in [5, 5.41) is 18.3. The van der Waals surface area contributed by atoms with Gasteiger partial charge >= 0.3 is 5.97 Å². The van der Waals surface area contributed by atoms with Gasteiger partial charge in [0.2, 0.25) is 0 Å². The number of aryl methyl sites for hydroxylation is 1. The van der Waals surface area contributed by atoms with Gasteiger partial charge in [-0.05, 0) is 68.7 Å². The Labute approximate surface area is 191 Å². The Morgan fingerprint density at radius 2 is 1.84 bits per heavy atom. The quantitative estimate of drug-likeness (QED) is 0.379. The lowest BCUT2D eigenvalue weighted by atomic mass is 9.88. The second kappa shape index (κ2) is 8.37. The van der Waals surface area contributed by atoms with Crippen LogP contribution in [0.3, 0.4) is 0 Å². The number of carbonyl (C=O) groups is 1. The number of benzene rings is 2. The van der Waals surface area contributed by atoms with Crippen LogP contribution >= 0.6 is 11.6 Å². The van der Waals surface area contributed by atoms with E-state index in [9.17, 15) is 9.90 Å². The summed E-state index contributed by atoms with van der Waals surface area (Å²) in [6.07, 6.45) is 2.36. The lowest BCUT2D eigenvalue weighted by Gasteiger charge is -2.28. The van der Waals surface area contributed by atoms with Crippen LogP contribution < -0.4 is 0 Å². The fourth-order valence-electron chi connectivity index (χ4n) is 3.82. The van der Waals surface area contributed by atoms with Crippen molar-refractivity contribution in [2.75, 3.05) is 0 Å². The minimum absolute atomic E-state index is 0.605. The van der Waals surface area contributed by atoms with Gasteiger partial charge in [0.25, 0.3) is 0 Å². The lowest BCUT2D eigenvalue weighted by Crippen LogP contribution is -2.28. The second-order valence-electron chi connectivity index (χ2n) is 8.69. The van der Waals surface area contributed by atoms with Crippen molar-refractivity contribution >= 4 is 28.5 Å². The highest BCUT2D eigenvalue weighted by Gasteiger charge is 2.31. The topological polar surface area (TPSA) is 88.1 Å². The third-order valence-electron chi connectivity index (χ3n) is 5.13. The maximum Gasteiger partial charge on any atom is 0.337 e. The van der Waals surface area contributed by atoms with Crippen LogP contribution in [0.4, 0.5) is 0 Å². The standard InChI is InChI=1S/C25H24ClN3O3/c1-14-11-20-18(9-10-19(29-20)16-12-27-28-13-16)22(15-5-7-17(26)8-6-15)21(14)23(24(30)31)32-25(2,3)4/h5-13,23H,1-4H3,(H,27,28)(H,30,31). The number of H-pyrrole nitrogens is 1. The molecule has 0 aliphatic rings. The van der Waals surface area contributed by atoms with E-state index in [1.165, 1.54) is 0 Å². The Bertz CT molecular complexity index is 1280. The maximum absolute atomic E-state index is 12.3. The normalized spacial score (nSPS) is 12.8. The third-order valence-corrected chi connectivity index (χ3v) is 5.38. The van der Waals surface area contributed by atoms with Crippen LogP contribution in [-0.2, 0) is 9.53 Å². The molecule has 2 N–H and O–H groups in total. The van der Waals surface area contributed by atoms with E-state index in [-0.39, 0.29) is 0 Å². The summed E-state index contributed by atoms with van der Waals surface area (Å²) >= 11 is 6.13. The average molecular weight is 450 g/mol. The fourth-order valence-corrected chi connectivity index (χ4v) is 3.95. The summed E-state index contributed by atoms with van der Waals surface area (Å²) in [5.41, 5.74) is 4.79. The molecule has 1 unspecified atom stereocenters. The van der Waals surface area contributed by atoms with Gasteiger partial charge in [0.05, 0.1) is 23.0 Å². The summed E-state index contributed by atoms with van der Waals surface area (Å²) in [7, 11) is 0. The van der Waals surface area contributed by atoms with Gasteiger partial charge in [0, 0.05) is 27.7 Å². The van der Waals surface area contributed by atoms with Crippen molar-refractivity contribution in [2.45, 2.75) is 39.4 Å². The molecule has 0 radical (unpaired) electrons. The predicted octanol–water partition coefficient (Wildman–Crippen LogP) is 6.19. The van der Waals surface area contributed by atoms with Crippen molar-refractivity contribution in [3.63, 3.8) is 0 Å². The van der Waals surface area contributed by atoms with Gasteiger partial charge in [0.15, 0.2) is 6.10 Å². The van der Waals surface area contributed by atoms with E-state index in [0.717, 1.165) is 38.9 Å². The molecule has 0 saturated carbocycles. The number of hydrogen-bond donors (Lipinski definition) is 2. The lowest BCUT2D eigenvalue weighted by molar-refractivity contribution is -0.160. The molecule has 2 heterocycles. The Morgan fingerprint density at radius 1 is 1.12 bits per heavy atom. The number of carboxylic acid groups (broad SMARTS) is 1. The molecule has 4 rings (SSSR count). The largest absolute Gasteiger partial charge is 0.479 e. The van der Waals surface area contributed by atoms with Crippen molar-refractivity contribution < 1.29 is 14.6 Å². The number of pyridine rings is 1. The average Bonchev–Trinajstić information content (AvgIpc) is 3.26. The zero-order chi connectivity index (χ0) is 23.0. The first kappa shape index (κ1) is 22.0. The molecule has 0 bridgehead atoms. The van der Waals surface area contributed by atoms with Crippen molar-refractivity contribution in [3.05, 3.63) is 71.0 Å². The van der Waals surface area contributed by atoms with Gasteiger partial charge < -0.3 is 9.84 Å². The van der Waals surface area contributed by atoms with Gasteiger partial charge in [0.1, 0.15) is 0 Å². The smallest absolute Gasteiger partial charge is 0.337 e. The van der Waals surface area contributed by atoms with E-state index in [0.29, 0.717) is 10.6 Å². The Morgan fingerprint density at radius 3 is 2.44 bits per heavy atom. The van der Waals surface area contributed by atoms with Gasteiger partial charge in [-0.2, -0.15) is 5.10 Å². The van der Waals surface area contributed by atoms with Crippen molar-refractivity contribution in [2.24, 2.45) is 0 Å². The molecule has 0 saturated heterocycles. The number of aliphatic carboxylic acids is 1. The SMILES string of the molecule is Cc1cc2nc(-c3cn[nH]c3)ccc2c(-c2ccc(Cl)cc2)c1C(OC(C)(C)C)C(=O)O. The number of fused-ring (bicyclic) bond motifs is 1. The van der Waals surface area contributed by atoms with Crippen LogP contribution in [0.5, 0.6) is 0 Å². The molecule has 4 aromatic rings. The third kappa shape index (κ3) is 4.38. The maximum atomic E-state index is 12.3. The van der Waals surface area contributed by atoms with E-state index >= 15 is 0 Å². The highest BCUT2D eigenvalue weighted by molar-refractivity contribution is 6.30. The first-order valence-electron chi connectivity index (χ1n) is 10.2. The first-order chi connectivity index (χ1) is 15.1. The van der Waals surface area contributed by atoms with Crippen molar-refractivity contribution in [1.82, 2.24) is 15.2 Å². The van der Waals surface area contributed by atoms with E-state index < -0.39 is 17.7 Å². The number of rotatable bonds is 5. The van der Waals surface area contributed by atoms with E-state index in [4.69, 9.17) is 21.3 Å². The molecule has 7 heteroatoms. The number of halogens is 1. The summed E-state index contributed by atoms with van der Waals surface area (Å²) in [6, 6.07) is 13.2. The molecule has 0 amide bonds. The molecule has 1 atom stereocenters. The van der Waals surface area contributed by atoms with Gasteiger partial charge in [-0.15, -0.1) is 0 Å². The number of ether oxygens (including phenoxy) is 1. The number of carboxylic acids is 1. The molecular weight excluding hydrogens is 426 g/mol. The summed E-state index contributed by atoms with van der Waals surface area (Å²) < 4.78 is 6.03. The second-order valence-corrected chi connectivity index (χ2v) is 9.12. The summed E-state index contributed by atoms with van der Waals surface area (Å²) in [6.45, 7) is 7.43. The van der Waals surface area contributed by atoms with Crippen LogP contribution in [0, 0.1) is 6.92 Å². The number of aromatic nitrogens is 3. The predicted molar refractivity (Wildman–Crippen MR) is 126 cm³/mol. The van der Waals surface area contributed by atoms with Crippen LogP contribution in [0.2, 0.25) is 5.02 Å². The van der Waals surface area contributed by atoms with E-state index in [1.54, 1.807) is 24.5 Å². The highest BCUT2D eigenvalue weighted by atomic mass is 35.5. The summed E-state index contributed by atoms with van der Waals surface area (Å²) in [5.74, 6) is -1.04. The molecule has 0 fully saturated rings. The number of nitrogens with one attached hydrogen (secondary N) is 1. The Balaban J connectivity index is 2.03. The molecule has 0 aliphatic carbocycles. The molecule has 164 valence electrons. The van der Waals surface area contributed by atoms with Gasteiger partial charge in [-0.25, -0.2) is 9.78 Å². The summed E-state index contributed by atoms with van der Waals surface area (Å²) in [4.78, 5) is 17.2. The first-order valence-corrected chi connectivity index (χ1v) is 10.6. The Hall–Kier alpha value is -3.22. The van der Waals surface area contributed by atoms with Crippen molar-refractivity contribution in [3.8, 4) is 22.4 Å². The monoisotopic (exact) mass is 449 g/mol. The molecular formula is C25H24ClN3O3. The van der Waals surface area contributed by atoms with Crippen LogP contribution in [0.15, 0.2) is 54.9 Å². The number of nitrogens with zero attached hydrogens (tertiary/aromatic N) is 2. The molecule has 0 aliphatic heterocycles. The van der Waals surface area contributed by atoms with Crippen LogP contribution in [0.25, 0.3) is 33.3 Å². The van der Waals surface area contributed by atoms with E-state index in [1.807, 2.05) is 58.0 Å². The van der Waals surface area contributed by atoms with Gasteiger partial charge in [-0.1, -0.05) is 29.8 Å². The minimum Gasteiger partial charge on any atom is -0.479 e. The molecule has 0 spiro atoms. The number of hydrogen-bond acceptors (Lipinski definition) is 4. The fraction of sp³-hybridized carbons (Fsp3) is 0.240. The van der Waals surface area contributed by atoms with Gasteiger partial charge in [-0.3, -0.25) is 5.10 Å². The highest BCUT2D eigenvalue weighted by Crippen LogP contribution is 2.40. The molecule has 2 aromatic carbocycles. The van der Waals surface area contributed by atoms with Crippen molar-refractivity contribution in [1.29, 1.82) is 0 Å². The van der Waals surface area contributed by atoms with Crippen LogP contribution in [-0.4, -0.2) is 31.9 Å². The van der Waals surface area contributed by atoms with E-state index in [2.05, 4.69) is 10.2 Å². The molecule has 2 aromatic heterocycles.